The molecule has 0 radical (unpaired) electrons. The summed E-state index contributed by atoms with van der Waals surface area (Å²) in [7, 11) is 0. The molecule has 0 saturated carbocycles. The van der Waals surface area contributed by atoms with Crippen LogP contribution in [0.3, 0.4) is 0 Å². The standard InChI is InChI=1S/C25H20FN9O4/c26-17-7-14(1-2-19(17)39-16-3-4-35-21(8-16)28-13-30-35)31-23-22-18(27-12-29-23)9-20-24(32-22)33-5-6-34(25(36)37)15(10-33)11-38-20/h1-4,7-9,12-13,15H,5-6,10-11H2,(H,36,37)(H,27,29,31)/t15-/m0/s1. The van der Waals surface area contributed by atoms with Crippen molar-refractivity contribution in [2.24, 2.45) is 0 Å². The quantitative estimate of drug-likeness (QED) is 0.354. The maximum absolute atomic E-state index is 15.0. The van der Waals surface area contributed by atoms with Crippen LogP contribution in [0.4, 0.5) is 26.5 Å². The van der Waals surface area contributed by atoms with Crippen molar-refractivity contribution in [3.05, 3.63) is 61.1 Å². The van der Waals surface area contributed by atoms with Gasteiger partial charge in [-0.05, 0) is 18.2 Å². The molecule has 0 aliphatic carbocycles. The summed E-state index contributed by atoms with van der Waals surface area (Å²) in [4.78, 5) is 32.5. The zero-order chi connectivity index (χ0) is 26.5. The van der Waals surface area contributed by atoms with E-state index >= 15 is 0 Å². The minimum Gasteiger partial charge on any atom is -0.487 e. The van der Waals surface area contributed by atoms with Crippen LogP contribution in [-0.2, 0) is 0 Å². The molecule has 2 aliphatic heterocycles. The molecule has 2 aliphatic rings. The second kappa shape index (κ2) is 8.93. The highest BCUT2D eigenvalue weighted by atomic mass is 19.1. The van der Waals surface area contributed by atoms with Gasteiger partial charge in [0.25, 0.3) is 0 Å². The lowest BCUT2D eigenvalue weighted by atomic mass is 10.2. The number of carbonyl (C=O) groups is 1. The summed E-state index contributed by atoms with van der Waals surface area (Å²) in [6.07, 6.45) is 3.52. The van der Waals surface area contributed by atoms with Crippen LogP contribution in [0.25, 0.3) is 16.7 Å². The fourth-order valence-corrected chi connectivity index (χ4v) is 4.80. The molecule has 1 amide bonds. The summed E-state index contributed by atoms with van der Waals surface area (Å²) in [5, 5.41) is 16.7. The molecule has 7 rings (SSSR count). The normalized spacial score (nSPS) is 16.5. The van der Waals surface area contributed by atoms with Crippen molar-refractivity contribution in [1.29, 1.82) is 0 Å². The number of benzene rings is 1. The smallest absolute Gasteiger partial charge is 0.407 e. The maximum atomic E-state index is 15.0. The van der Waals surface area contributed by atoms with Crippen molar-refractivity contribution in [3.8, 4) is 17.2 Å². The van der Waals surface area contributed by atoms with Crippen LogP contribution in [0.5, 0.6) is 17.2 Å². The van der Waals surface area contributed by atoms with E-state index in [1.54, 1.807) is 35.0 Å². The Balaban J connectivity index is 1.16. The number of amides is 1. The molecule has 6 heterocycles. The fourth-order valence-electron chi connectivity index (χ4n) is 4.80. The number of carboxylic acid groups (broad SMARTS) is 1. The summed E-state index contributed by atoms with van der Waals surface area (Å²) < 4.78 is 28.2. The van der Waals surface area contributed by atoms with Crippen molar-refractivity contribution < 1.29 is 23.8 Å². The molecule has 196 valence electrons. The number of piperazine rings is 1. The van der Waals surface area contributed by atoms with Gasteiger partial charge in [0, 0.05) is 49.7 Å². The van der Waals surface area contributed by atoms with Gasteiger partial charge in [-0.1, -0.05) is 0 Å². The number of aromatic nitrogens is 6. The number of hydrogen-bond acceptors (Lipinski definition) is 10. The van der Waals surface area contributed by atoms with Gasteiger partial charge in [0.1, 0.15) is 30.5 Å². The molecule has 1 aromatic carbocycles. The molecule has 4 aromatic heterocycles. The van der Waals surface area contributed by atoms with Gasteiger partial charge in [-0.3, -0.25) is 4.90 Å². The number of anilines is 3. The number of hydrogen-bond donors (Lipinski definition) is 2. The van der Waals surface area contributed by atoms with Gasteiger partial charge in [0.05, 0.1) is 11.6 Å². The van der Waals surface area contributed by atoms with Gasteiger partial charge in [0.2, 0.25) is 0 Å². The van der Waals surface area contributed by atoms with Crippen molar-refractivity contribution in [3.63, 3.8) is 0 Å². The van der Waals surface area contributed by atoms with Gasteiger partial charge < -0.3 is 24.8 Å². The monoisotopic (exact) mass is 529 g/mol. The average Bonchev–Trinajstić information content (AvgIpc) is 3.36. The van der Waals surface area contributed by atoms with E-state index in [9.17, 15) is 14.3 Å². The van der Waals surface area contributed by atoms with E-state index in [0.717, 1.165) is 0 Å². The highest BCUT2D eigenvalue weighted by molar-refractivity contribution is 5.90. The minimum absolute atomic E-state index is 0.0487. The van der Waals surface area contributed by atoms with E-state index in [0.29, 0.717) is 65.1 Å². The first-order valence-corrected chi connectivity index (χ1v) is 12.1. The third-order valence-corrected chi connectivity index (χ3v) is 6.69. The largest absolute Gasteiger partial charge is 0.487 e. The van der Waals surface area contributed by atoms with E-state index < -0.39 is 11.9 Å². The molecular formula is C25H20FN9O4. The number of nitrogens with zero attached hydrogens (tertiary/aromatic N) is 8. The van der Waals surface area contributed by atoms with Crippen LogP contribution in [0.1, 0.15) is 0 Å². The number of ether oxygens (including phenoxy) is 2. The Bertz CT molecular complexity index is 1750. The van der Waals surface area contributed by atoms with E-state index in [1.807, 2.05) is 4.90 Å². The lowest BCUT2D eigenvalue weighted by Gasteiger charge is -2.37. The van der Waals surface area contributed by atoms with Crippen molar-refractivity contribution in [1.82, 2.24) is 34.4 Å². The molecule has 1 atom stereocenters. The average molecular weight is 529 g/mol. The number of rotatable bonds is 4. The van der Waals surface area contributed by atoms with E-state index in [1.165, 1.54) is 29.7 Å². The number of halogens is 1. The number of pyridine rings is 2. The van der Waals surface area contributed by atoms with Crippen LogP contribution in [0.2, 0.25) is 0 Å². The minimum atomic E-state index is -0.968. The highest BCUT2D eigenvalue weighted by Gasteiger charge is 2.35. The third-order valence-electron chi connectivity index (χ3n) is 6.69. The summed E-state index contributed by atoms with van der Waals surface area (Å²) in [5.74, 6) is 1.41. The Morgan fingerprint density at radius 1 is 1.13 bits per heavy atom. The van der Waals surface area contributed by atoms with Gasteiger partial charge in [-0.2, -0.15) is 5.10 Å². The van der Waals surface area contributed by atoms with E-state index in [2.05, 4.69) is 25.4 Å². The fraction of sp³-hybridized carbons (Fsp3) is 0.200. The van der Waals surface area contributed by atoms with Crippen LogP contribution >= 0.6 is 0 Å². The van der Waals surface area contributed by atoms with Crippen LogP contribution in [0, 0.1) is 5.82 Å². The second-order valence-electron chi connectivity index (χ2n) is 9.08. The summed E-state index contributed by atoms with van der Waals surface area (Å²) in [5.41, 5.74) is 2.03. The van der Waals surface area contributed by atoms with Gasteiger partial charge in [0.15, 0.2) is 34.6 Å². The Morgan fingerprint density at radius 2 is 2.05 bits per heavy atom. The van der Waals surface area contributed by atoms with Crippen molar-refractivity contribution in [2.75, 3.05) is 36.5 Å². The molecule has 1 fully saturated rings. The van der Waals surface area contributed by atoms with Gasteiger partial charge in [-0.25, -0.2) is 33.6 Å². The lowest BCUT2D eigenvalue weighted by Crippen LogP contribution is -2.56. The molecule has 0 unspecified atom stereocenters. The van der Waals surface area contributed by atoms with Gasteiger partial charge in [-0.15, -0.1) is 0 Å². The van der Waals surface area contributed by atoms with E-state index in [-0.39, 0.29) is 18.4 Å². The molecule has 1 saturated heterocycles. The van der Waals surface area contributed by atoms with Gasteiger partial charge >= 0.3 is 6.09 Å². The van der Waals surface area contributed by atoms with Crippen LogP contribution < -0.4 is 19.7 Å². The summed E-state index contributed by atoms with van der Waals surface area (Å²) >= 11 is 0. The first-order chi connectivity index (χ1) is 19.0. The molecule has 5 aromatic rings. The Hall–Kier alpha value is -5.27. The third kappa shape index (κ3) is 4.11. The van der Waals surface area contributed by atoms with E-state index in [4.69, 9.17) is 14.5 Å². The zero-order valence-electron chi connectivity index (χ0n) is 20.2. The summed E-state index contributed by atoms with van der Waals surface area (Å²) in [6.45, 7) is 1.51. The lowest BCUT2D eigenvalue weighted by molar-refractivity contribution is 0.101. The first kappa shape index (κ1) is 22.9. The Kier molecular flexibility index (Phi) is 5.24. The Morgan fingerprint density at radius 3 is 2.92 bits per heavy atom. The SMILES string of the molecule is O=C(O)N1CCN2C[C@H]1COc1cc3ncnc(Nc4ccc(Oc5ccn6ncnc6c5)c(F)c4)c3nc12. The molecule has 0 spiro atoms. The van der Waals surface area contributed by atoms with Crippen LogP contribution in [-0.4, -0.2) is 77.9 Å². The first-order valence-electron chi connectivity index (χ1n) is 12.1. The Labute approximate surface area is 219 Å². The topological polar surface area (TPSA) is 143 Å². The molecule has 14 heteroatoms. The second-order valence-corrected chi connectivity index (χ2v) is 9.08. The molecular weight excluding hydrogens is 509 g/mol. The molecule has 13 nitrogen and oxygen atoms in total. The predicted octanol–water partition coefficient (Wildman–Crippen LogP) is 3.30. The van der Waals surface area contributed by atoms with Crippen molar-refractivity contribution >= 4 is 40.1 Å². The number of nitrogens with one attached hydrogen (secondary N) is 1. The predicted molar refractivity (Wildman–Crippen MR) is 136 cm³/mol. The molecule has 2 bridgehead atoms. The van der Waals surface area contributed by atoms with Crippen LogP contribution in [0.15, 0.2) is 55.2 Å². The molecule has 2 N–H and O–H groups in total. The summed E-state index contributed by atoms with van der Waals surface area (Å²) in [6, 6.07) is 9.28. The number of fused-ring (bicyclic) bond motifs is 6. The molecule has 39 heavy (non-hydrogen) atoms. The van der Waals surface area contributed by atoms with Crippen molar-refractivity contribution in [2.45, 2.75) is 6.04 Å². The maximum Gasteiger partial charge on any atom is 0.407 e. The highest BCUT2D eigenvalue weighted by Crippen LogP contribution is 2.36. The zero-order valence-corrected chi connectivity index (χ0v) is 20.2.